The number of hydrogen-bond donors (Lipinski definition) is 3. The van der Waals surface area contributed by atoms with E-state index in [1.54, 1.807) is 24.3 Å². The summed E-state index contributed by atoms with van der Waals surface area (Å²) in [6, 6.07) is 10.3. The average molecular weight is 471 g/mol. The molecule has 184 valence electrons. The zero-order valence-corrected chi connectivity index (χ0v) is 20.1. The van der Waals surface area contributed by atoms with Crippen molar-refractivity contribution in [2.75, 3.05) is 34.4 Å². The van der Waals surface area contributed by atoms with Gasteiger partial charge in [-0.15, -0.1) is 0 Å². The van der Waals surface area contributed by atoms with Crippen molar-refractivity contribution in [1.29, 1.82) is 0 Å². The van der Waals surface area contributed by atoms with Crippen LogP contribution < -0.4 is 24.8 Å². The summed E-state index contributed by atoms with van der Waals surface area (Å²) in [4.78, 5) is 25.3. The van der Waals surface area contributed by atoms with Gasteiger partial charge in [-0.25, -0.2) is 0 Å². The van der Waals surface area contributed by atoms with E-state index in [1.807, 2.05) is 12.1 Å². The molecule has 0 radical (unpaired) electrons. The first kappa shape index (κ1) is 25.2. The smallest absolute Gasteiger partial charge is 0.255 e. The molecule has 2 aromatic carbocycles. The summed E-state index contributed by atoms with van der Waals surface area (Å²) in [6.45, 7) is 1.12. The minimum absolute atomic E-state index is 0.0118. The maximum atomic E-state index is 12.8. The second-order valence-electron chi connectivity index (χ2n) is 8.54. The predicted octanol–water partition coefficient (Wildman–Crippen LogP) is 3.31. The Bertz CT molecular complexity index is 968. The second kappa shape index (κ2) is 12.2. The number of ether oxygens (including phenoxy) is 3. The van der Waals surface area contributed by atoms with Crippen LogP contribution in [0, 0.1) is 11.8 Å². The third-order valence-corrected chi connectivity index (χ3v) is 6.37. The van der Waals surface area contributed by atoms with Crippen molar-refractivity contribution in [2.24, 2.45) is 11.8 Å². The number of nitrogens with one attached hydrogen (secondary N) is 2. The van der Waals surface area contributed by atoms with Gasteiger partial charge in [-0.05, 0) is 55.7 Å². The van der Waals surface area contributed by atoms with E-state index < -0.39 is 0 Å². The first-order chi connectivity index (χ1) is 16.4. The number of rotatable bonds is 10. The lowest BCUT2D eigenvalue weighted by Gasteiger charge is -2.28. The summed E-state index contributed by atoms with van der Waals surface area (Å²) in [7, 11) is 4.56. The highest BCUT2D eigenvalue weighted by molar-refractivity contribution is 5.97. The minimum Gasteiger partial charge on any atom is -0.508 e. The summed E-state index contributed by atoms with van der Waals surface area (Å²) in [6.07, 6.45) is 4.13. The van der Waals surface area contributed by atoms with Crippen LogP contribution in [-0.2, 0) is 11.2 Å². The number of phenols is 1. The summed E-state index contributed by atoms with van der Waals surface area (Å²) in [5, 5.41) is 15.4. The molecule has 1 aliphatic carbocycles. The van der Waals surface area contributed by atoms with E-state index in [-0.39, 0.29) is 23.5 Å². The van der Waals surface area contributed by atoms with E-state index >= 15 is 0 Å². The summed E-state index contributed by atoms with van der Waals surface area (Å²) in [5.41, 5.74) is 1.46. The Labute approximate surface area is 200 Å². The van der Waals surface area contributed by atoms with E-state index in [2.05, 4.69) is 10.6 Å². The van der Waals surface area contributed by atoms with Crippen LogP contribution in [0.1, 0.15) is 41.6 Å². The Morgan fingerprint density at radius 3 is 2.12 bits per heavy atom. The molecular formula is C26H34N2O6. The lowest BCUT2D eigenvalue weighted by molar-refractivity contribution is -0.126. The largest absolute Gasteiger partial charge is 0.508 e. The zero-order chi connectivity index (χ0) is 24.5. The number of hydrogen-bond acceptors (Lipinski definition) is 6. The molecular weight excluding hydrogens is 436 g/mol. The van der Waals surface area contributed by atoms with Gasteiger partial charge in [0.25, 0.3) is 5.91 Å². The van der Waals surface area contributed by atoms with Gasteiger partial charge in [0, 0.05) is 31.1 Å². The van der Waals surface area contributed by atoms with Crippen molar-refractivity contribution >= 4 is 11.8 Å². The van der Waals surface area contributed by atoms with Crippen molar-refractivity contribution in [3.8, 4) is 23.0 Å². The zero-order valence-electron chi connectivity index (χ0n) is 20.1. The van der Waals surface area contributed by atoms with Gasteiger partial charge in [-0.3, -0.25) is 9.59 Å². The summed E-state index contributed by atoms with van der Waals surface area (Å²) < 4.78 is 15.9. The number of carbonyl (C=O) groups is 2. The maximum absolute atomic E-state index is 12.8. The molecule has 0 saturated heterocycles. The van der Waals surface area contributed by atoms with E-state index in [1.165, 1.54) is 21.3 Å². The third kappa shape index (κ3) is 6.56. The molecule has 8 heteroatoms. The van der Waals surface area contributed by atoms with Gasteiger partial charge < -0.3 is 30.0 Å². The molecule has 1 aliphatic rings. The number of methoxy groups -OCH3 is 3. The molecule has 0 bridgehead atoms. The Balaban J connectivity index is 1.43. The molecule has 34 heavy (non-hydrogen) atoms. The van der Waals surface area contributed by atoms with Crippen LogP contribution in [0.3, 0.4) is 0 Å². The highest BCUT2D eigenvalue weighted by atomic mass is 16.5. The number of phenolic OH excluding ortho intramolecular Hbond substituents is 1. The number of carbonyl (C=O) groups excluding carboxylic acids is 2. The fraction of sp³-hybridized carbons (Fsp3) is 0.462. The molecule has 0 aromatic heterocycles. The fourth-order valence-corrected chi connectivity index (χ4v) is 4.30. The van der Waals surface area contributed by atoms with Crippen molar-refractivity contribution in [3.05, 3.63) is 47.5 Å². The van der Waals surface area contributed by atoms with Crippen LogP contribution in [0.4, 0.5) is 0 Å². The monoisotopic (exact) mass is 470 g/mol. The van der Waals surface area contributed by atoms with Crippen LogP contribution in [-0.4, -0.2) is 51.3 Å². The average Bonchev–Trinajstić information content (AvgIpc) is 2.87. The van der Waals surface area contributed by atoms with Gasteiger partial charge in [-0.2, -0.15) is 0 Å². The van der Waals surface area contributed by atoms with Gasteiger partial charge >= 0.3 is 0 Å². The number of benzene rings is 2. The summed E-state index contributed by atoms with van der Waals surface area (Å²) >= 11 is 0. The Hall–Kier alpha value is -3.42. The molecule has 2 aromatic rings. The molecule has 0 heterocycles. The molecule has 1 fully saturated rings. The van der Waals surface area contributed by atoms with Crippen LogP contribution in [0.2, 0.25) is 0 Å². The van der Waals surface area contributed by atoms with Crippen molar-refractivity contribution in [1.82, 2.24) is 10.6 Å². The number of amides is 2. The van der Waals surface area contributed by atoms with Crippen LogP contribution in [0.15, 0.2) is 36.4 Å². The maximum Gasteiger partial charge on any atom is 0.255 e. The molecule has 3 rings (SSSR count). The van der Waals surface area contributed by atoms with Crippen LogP contribution in [0.5, 0.6) is 23.0 Å². The molecule has 0 spiro atoms. The lowest BCUT2D eigenvalue weighted by atomic mass is 9.81. The number of aromatic hydroxyl groups is 1. The Kier molecular flexibility index (Phi) is 9.01. The van der Waals surface area contributed by atoms with E-state index in [0.717, 1.165) is 37.7 Å². The van der Waals surface area contributed by atoms with Gasteiger partial charge in [-0.1, -0.05) is 12.1 Å². The standard InChI is InChI=1S/C26H34N2O6/c1-32-22-15-24(34-3)23(33-2)14-21(22)26(31)28-16-18-4-8-19(9-5-18)25(30)27-13-12-17-6-10-20(29)11-7-17/h6-7,10-11,14-15,18-19,29H,4-5,8-9,12-13,16H2,1-3H3,(H,27,30)(H,28,31). The van der Waals surface area contributed by atoms with Crippen LogP contribution >= 0.6 is 0 Å². The highest BCUT2D eigenvalue weighted by Crippen LogP contribution is 2.35. The topological polar surface area (TPSA) is 106 Å². The predicted molar refractivity (Wildman–Crippen MR) is 129 cm³/mol. The van der Waals surface area contributed by atoms with Gasteiger partial charge in [0.05, 0.1) is 26.9 Å². The second-order valence-corrected chi connectivity index (χ2v) is 8.54. The van der Waals surface area contributed by atoms with E-state index in [4.69, 9.17) is 14.2 Å². The van der Waals surface area contributed by atoms with Crippen molar-refractivity contribution in [2.45, 2.75) is 32.1 Å². The van der Waals surface area contributed by atoms with Crippen molar-refractivity contribution < 1.29 is 28.9 Å². The molecule has 8 nitrogen and oxygen atoms in total. The van der Waals surface area contributed by atoms with E-state index in [9.17, 15) is 14.7 Å². The van der Waals surface area contributed by atoms with Crippen LogP contribution in [0.25, 0.3) is 0 Å². The fourth-order valence-electron chi connectivity index (χ4n) is 4.30. The van der Waals surface area contributed by atoms with Gasteiger partial charge in [0.1, 0.15) is 11.5 Å². The molecule has 0 unspecified atom stereocenters. The molecule has 0 aliphatic heterocycles. The first-order valence-electron chi connectivity index (χ1n) is 11.6. The van der Waals surface area contributed by atoms with E-state index in [0.29, 0.717) is 41.8 Å². The highest BCUT2D eigenvalue weighted by Gasteiger charge is 2.27. The minimum atomic E-state index is -0.230. The Morgan fingerprint density at radius 2 is 1.50 bits per heavy atom. The quantitative estimate of drug-likeness (QED) is 0.492. The molecule has 1 saturated carbocycles. The van der Waals surface area contributed by atoms with Gasteiger partial charge in [0.15, 0.2) is 11.5 Å². The van der Waals surface area contributed by atoms with Crippen molar-refractivity contribution in [3.63, 3.8) is 0 Å². The molecule has 2 amide bonds. The summed E-state index contributed by atoms with van der Waals surface area (Å²) in [5.74, 6) is 1.82. The molecule has 0 atom stereocenters. The Morgan fingerprint density at radius 1 is 0.882 bits per heavy atom. The third-order valence-electron chi connectivity index (χ3n) is 6.37. The lowest BCUT2D eigenvalue weighted by Crippen LogP contribution is -2.36. The van der Waals surface area contributed by atoms with Gasteiger partial charge in [0.2, 0.25) is 5.91 Å². The SMILES string of the molecule is COc1cc(OC)c(C(=O)NCC2CCC(C(=O)NCCc3ccc(O)cc3)CC2)cc1OC. The normalized spacial score (nSPS) is 17.5. The molecule has 3 N–H and O–H groups in total. The first-order valence-corrected chi connectivity index (χ1v) is 11.6.